The molecule has 13 nitrogen and oxygen atoms in total. The van der Waals surface area contributed by atoms with Crippen molar-refractivity contribution in [2.75, 3.05) is 6.61 Å². The summed E-state index contributed by atoms with van der Waals surface area (Å²) >= 11 is 0. The van der Waals surface area contributed by atoms with Crippen molar-refractivity contribution in [3.63, 3.8) is 0 Å². The highest BCUT2D eigenvalue weighted by molar-refractivity contribution is 7.53. The molecule has 0 aliphatic carbocycles. The summed E-state index contributed by atoms with van der Waals surface area (Å²) in [6, 6.07) is 0. The highest BCUT2D eigenvalue weighted by Gasteiger charge is 2.70. The Labute approximate surface area is 159 Å². The van der Waals surface area contributed by atoms with Gasteiger partial charge < -0.3 is 38.6 Å². The molecule has 3 N–H and O–H groups in total. The Morgan fingerprint density at radius 2 is 1.36 bits per heavy atom. The van der Waals surface area contributed by atoms with Gasteiger partial charge in [-0.15, -0.1) is 0 Å². The van der Waals surface area contributed by atoms with E-state index in [9.17, 15) is 38.6 Å². The van der Waals surface area contributed by atoms with Crippen LogP contribution in [-0.2, 0) is 47.4 Å². The molecular formula is C14H21O13P. The second-order valence-electron chi connectivity index (χ2n) is 5.79. The van der Waals surface area contributed by atoms with Crippen LogP contribution in [0.15, 0.2) is 0 Å². The van der Waals surface area contributed by atoms with Crippen molar-refractivity contribution < 1.29 is 62.3 Å². The minimum absolute atomic E-state index is 0.790. The van der Waals surface area contributed by atoms with Gasteiger partial charge in [-0.3, -0.25) is 23.7 Å². The van der Waals surface area contributed by atoms with E-state index in [4.69, 9.17) is 23.7 Å². The summed E-state index contributed by atoms with van der Waals surface area (Å²) in [4.78, 5) is 65.8. The Balaban J connectivity index is 3.71. The lowest BCUT2D eigenvalue weighted by Crippen LogP contribution is -2.68. The zero-order chi connectivity index (χ0) is 21.9. The van der Waals surface area contributed by atoms with Gasteiger partial charge in [0.05, 0.1) is 6.61 Å². The largest absolute Gasteiger partial charge is 0.456 e. The highest BCUT2D eigenvalue weighted by Crippen LogP contribution is 2.58. The SMILES string of the molecule is CC(=O)O[C@@H]1[C@@H](OC(C)=O)[C@H](OC(C)=O)[C@](OC(C)=O)(P(=O)(O)O)O[C@H]1CO. The average Bonchev–Trinajstić information content (AvgIpc) is 2.49. The molecule has 0 saturated carbocycles. The minimum atomic E-state index is -5.62. The maximum atomic E-state index is 12.2. The molecule has 160 valence electrons. The molecule has 0 aromatic rings. The Hall–Kier alpha value is -2.05. The summed E-state index contributed by atoms with van der Waals surface area (Å²) in [6.45, 7) is 2.55. The van der Waals surface area contributed by atoms with Crippen molar-refractivity contribution in [3.8, 4) is 0 Å². The lowest BCUT2D eigenvalue weighted by Gasteiger charge is -2.49. The molecule has 1 rings (SSSR count). The van der Waals surface area contributed by atoms with Crippen molar-refractivity contribution >= 4 is 31.5 Å². The summed E-state index contributed by atoms with van der Waals surface area (Å²) in [5.41, 5.74) is -3.27. The summed E-state index contributed by atoms with van der Waals surface area (Å²) < 4.78 is 36.9. The molecule has 0 unspecified atom stereocenters. The van der Waals surface area contributed by atoms with E-state index < -0.39 is 68.0 Å². The smallest absolute Gasteiger partial charge is 0.401 e. The van der Waals surface area contributed by atoms with Gasteiger partial charge >= 0.3 is 37.0 Å². The molecule has 0 aromatic heterocycles. The first-order chi connectivity index (χ1) is 12.7. The fourth-order valence-corrected chi connectivity index (χ4v) is 3.69. The van der Waals surface area contributed by atoms with E-state index >= 15 is 0 Å². The van der Waals surface area contributed by atoms with E-state index in [0.29, 0.717) is 0 Å². The standard InChI is InChI=1S/C14H21O13P/c1-6(16)23-11-10(5-15)27-14(26-9(4)19,28(20,21)22)13(25-8(3)18)12(11)24-7(2)17/h10-13,15H,5H2,1-4H3,(H2,20,21,22)/t10-,11-,12+,13-,14+/m0/s1. The maximum Gasteiger partial charge on any atom is 0.401 e. The van der Waals surface area contributed by atoms with Crippen molar-refractivity contribution in [3.05, 3.63) is 0 Å². The molecule has 28 heavy (non-hydrogen) atoms. The molecule has 0 spiro atoms. The van der Waals surface area contributed by atoms with Crippen molar-refractivity contribution in [1.29, 1.82) is 0 Å². The van der Waals surface area contributed by atoms with Gasteiger partial charge in [0.15, 0.2) is 12.2 Å². The van der Waals surface area contributed by atoms with E-state index in [0.717, 1.165) is 27.7 Å². The molecule has 5 atom stereocenters. The zero-order valence-electron chi connectivity index (χ0n) is 15.4. The first-order valence-corrected chi connectivity index (χ1v) is 9.42. The predicted octanol–water partition coefficient (Wildman–Crippen LogP) is -1.43. The van der Waals surface area contributed by atoms with Crippen molar-refractivity contribution in [2.45, 2.75) is 57.6 Å². The molecule has 1 aliphatic heterocycles. The predicted molar refractivity (Wildman–Crippen MR) is 85.2 cm³/mol. The van der Waals surface area contributed by atoms with Crippen LogP contribution >= 0.6 is 7.60 Å². The van der Waals surface area contributed by atoms with E-state index in [1.54, 1.807) is 0 Å². The average molecular weight is 428 g/mol. The van der Waals surface area contributed by atoms with E-state index in [-0.39, 0.29) is 0 Å². The number of aliphatic hydroxyl groups is 1. The van der Waals surface area contributed by atoms with Gasteiger partial charge in [-0.1, -0.05) is 0 Å². The van der Waals surface area contributed by atoms with Crippen LogP contribution in [0.25, 0.3) is 0 Å². The number of hydrogen-bond acceptors (Lipinski definition) is 11. The Morgan fingerprint density at radius 1 is 0.893 bits per heavy atom. The Bertz CT molecular complexity index is 685. The second kappa shape index (κ2) is 8.97. The number of carbonyl (C=O) groups is 4. The summed E-state index contributed by atoms with van der Waals surface area (Å²) in [5.74, 6) is -4.30. The molecule has 1 saturated heterocycles. The summed E-state index contributed by atoms with van der Waals surface area (Å²) in [7, 11) is -5.62. The van der Waals surface area contributed by atoms with Crippen LogP contribution < -0.4 is 0 Å². The fraction of sp³-hybridized carbons (Fsp3) is 0.714. The van der Waals surface area contributed by atoms with Gasteiger partial charge in [-0.25, -0.2) is 0 Å². The highest BCUT2D eigenvalue weighted by atomic mass is 31.2. The Morgan fingerprint density at radius 3 is 1.71 bits per heavy atom. The quantitative estimate of drug-likeness (QED) is 0.253. The van der Waals surface area contributed by atoms with Crippen LogP contribution in [0.2, 0.25) is 0 Å². The molecule has 0 aromatic carbocycles. The lowest BCUT2D eigenvalue weighted by molar-refractivity contribution is -0.324. The molecule has 0 amide bonds. The van der Waals surface area contributed by atoms with Crippen molar-refractivity contribution in [1.82, 2.24) is 0 Å². The topological polar surface area (TPSA) is 192 Å². The summed E-state index contributed by atoms with van der Waals surface area (Å²) in [5, 5.41) is 9.57. The monoisotopic (exact) mass is 428 g/mol. The van der Waals surface area contributed by atoms with Crippen LogP contribution in [-0.4, -0.2) is 75.3 Å². The lowest BCUT2D eigenvalue weighted by atomic mass is 9.97. The number of esters is 4. The molecule has 1 heterocycles. The van der Waals surface area contributed by atoms with E-state index in [1.807, 2.05) is 0 Å². The second-order valence-corrected chi connectivity index (χ2v) is 7.50. The van der Waals surface area contributed by atoms with Crippen LogP contribution in [0.1, 0.15) is 27.7 Å². The third-order valence-corrected chi connectivity index (χ3v) is 4.70. The van der Waals surface area contributed by atoms with E-state index in [2.05, 4.69) is 0 Å². The third-order valence-electron chi connectivity index (χ3n) is 3.44. The van der Waals surface area contributed by atoms with Crippen LogP contribution in [0.4, 0.5) is 0 Å². The maximum absolute atomic E-state index is 12.2. The number of ether oxygens (including phenoxy) is 5. The molecule has 14 heteroatoms. The van der Waals surface area contributed by atoms with Gasteiger partial charge in [0.1, 0.15) is 6.10 Å². The number of rotatable bonds is 6. The Kier molecular flexibility index (Phi) is 7.68. The number of carbonyl (C=O) groups excluding carboxylic acids is 4. The zero-order valence-corrected chi connectivity index (χ0v) is 16.3. The van der Waals surface area contributed by atoms with Gasteiger partial charge in [0.25, 0.3) is 0 Å². The van der Waals surface area contributed by atoms with E-state index in [1.165, 1.54) is 0 Å². The van der Waals surface area contributed by atoms with Crippen LogP contribution in [0, 0.1) is 0 Å². The van der Waals surface area contributed by atoms with Crippen molar-refractivity contribution in [2.24, 2.45) is 0 Å². The summed E-state index contributed by atoms with van der Waals surface area (Å²) in [6.07, 6.45) is -7.48. The molecule has 1 fully saturated rings. The first-order valence-electron chi connectivity index (χ1n) is 7.80. The first kappa shape index (κ1) is 24.0. The molecule has 0 bridgehead atoms. The normalized spacial score (nSPS) is 30.1. The number of hydrogen-bond donors (Lipinski definition) is 3. The minimum Gasteiger partial charge on any atom is -0.456 e. The fourth-order valence-electron chi connectivity index (χ4n) is 2.64. The van der Waals surface area contributed by atoms with Crippen LogP contribution in [0.3, 0.4) is 0 Å². The third kappa shape index (κ3) is 5.26. The van der Waals surface area contributed by atoms with Gasteiger partial charge in [0.2, 0.25) is 6.10 Å². The molecule has 1 aliphatic rings. The van der Waals surface area contributed by atoms with Crippen LogP contribution in [0.5, 0.6) is 0 Å². The number of aliphatic hydroxyl groups excluding tert-OH is 1. The van der Waals surface area contributed by atoms with Gasteiger partial charge in [0, 0.05) is 27.7 Å². The molecule has 0 radical (unpaired) electrons. The van der Waals surface area contributed by atoms with Gasteiger partial charge in [-0.2, -0.15) is 0 Å². The van der Waals surface area contributed by atoms with Gasteiger partial charge in [-0.05, 0) is 0 Å². The molecular weight excluding hydrogens is 407 g/mol.